The Morgan fingerprint density at radius 3 is 2.25 bits per heavy atom. The highest BCUT2D eigenvalue weighted by molar-refractivity contribution is 5.85. The molecule has 0 fully saturated rings. The smallest absolute Gasteiger partial charge is 0.180 e. The number of nitrogens with zero attached hydrogens (tertiary/aromatic N) is 3. The molecule has 0 aliphatic heterocycles. The van der Waals surface area contributed by atoms with E-state index in [-0.39, 0.29) is 12.4 Å². The summed E-state index contributed by atoms with van der Waals surface area (Å²) in [5.74, 6) is 0.665. The zero-order chi connectivity index (χ0) is 13.1. The Hall–Kier alpha value is -2.24. The summed E-state index contributed by atoms with van der Waals surface area (Å²) in [4.78, 5) is 0. The second-order valence-electron chi connectivity index (χ2n) is 4.20. The van der Waals surface area contributed by atoms with Crippen molar-refractivity contribution in [1.29, 1.82) is 0 Å². The van der Waals surface area contributed by atoms with Gasteiger partial charge in [0.15, 0.2) is 5.82 Å². The van der Waals surface area contributed by atoms with Gasteiger partial charge >= 0.3 is 0 Å². The van der Waals surface area contributed by atoms with E-state index >= 15 is 0 Å². The summed E-state index contributed by atoms with van der Waals surface area (Å²) in [5, 5.41) is 14.0. The van der Waals surface area contributed by atoms with Crippen LogP contribution in [0.2, 0.25) is 0 Å². The number of benzene rings is 2. The minimum Gasteiger partial charge on any atom is -0.326 e. The summed E-state index contributed by atoms with van der Waals surface area (Å²) < 4.78 is 0. The summed E-state index contributed by atoms with van der Waals surface area (Å²) in [6.45, 7) is 0.550. The van der Waals surface area contributed by atoms with E-state index in [0.717, 1.165) is 22.3 Å². The molecule has 0 bridgehead atoms. The number of hydrogen-bond acceptors (Lipinski definition) is 4. The fourth-order valence-electron chi connectivity index (χ4n) is 2.03. The van der Waals surface area contributed by atoms with E-state index in [2.05, 4.69) is 38.8 Å². The molecule has 0 amide bonds. The number of hydrogen-bond donors (Lipinski definition) is 2. The topological polar surface area (TPSA) is 80.5 Å². The molecule has 1 heterocycles. The first kappa shape index (κ1) is 14.2. The first-order valence-corrected chi connectivity index (χ1v) is 6.01. The van der Waals surface area contributed by atoms with Gasteiger partial charge in [-0.2, -0.15) is 0 Å². The van der Waals surface area contributed by atoms with Crippen molar-refractivity contribution in [3.63, 3.8) is 0 Å². The van der Waals surface area contributed by atoms with Gasteiger partial charge in [-0.05, 0) is 27.1 Å². The van der Waals surface area contributed by atoms with Crippen molar-refractivity contribution in [3.8, 4) is 22.5 Å². The highest BCUT2D eigenvalue weighted by Crippen LogP contribution is 2.29. The molecule has 1 aromatic heterocycles. The van der Waals surface area contributed by atoms with E-state index < -0.39 is 0 Å². The van der Waals surface area contributed by atoms with E-state index in [4.69, 9.17) is 5.73 Å². The fourth-order valence-corrected chi connectivity index (χ4v) is 2.03. The molecule has 0 saturated heterocycles. The van der Waals surface area contributed by atoms with Gasteiger partial charge in [0.1, 0.15) is 0 Å². The number of rotatable bonds is 3. The van der Waals surface area contributed by atoms with Gasteiger partial charge in [0.05, 0.1) is 0 Å². The Kier molecular flexibility index (Phi) is 4.45. The third-order valence-corrected chi connectivity index (χ3v) is 3.03. The van der Waals surface area contributed by atoms with Gasteiger partial charge in [0, 0.05) is 12.1 Å². The lowest BCUT2D eigenvalue weighted by molar-refractivity contribution is 0.881. The third-order valence-electron chi connectivity index (χ3n) is 3.03. The molecule has 3 aromatic rings. The average molecular weight is 288 g/mol. The average Bonchev–Trinajstić information content (AvgIpc) is 3.01. The number of H-pyrrole nitrogens is 1. The minimum absolute atomic E-state index is 0. The van der Waals surface area contributed by atoms with Gasteiger partial charge < -0.3 is 5.73 Å². The number of halogens is 1. The van der Waals surface area contributed by atoms with Crippen LogP contribution in [-0.4, -0.2) is 20.6 Å². The Balaban J connectivity index is 0.00000147. The Morgan fingerprint density at radius 2 is 1.65 bits per heavy atom. The number of tetrazole rings is 1. The Labute approximate surface area is 122 Å². The van der Waals surface area contributed by atoms with Crippen molar-refractivity contribution >= 4 is 12.4 Å². The molecule has 0 atom stereocenters. The zero-order valence-electron chi connectivity index (χ0n) is 10.7. The quantitative estimate of drug-likeness (QED) is 0.775. The van der Waals surface area contributed by atoms with Gasteiger partial charge in [0.2, 0.25) is 0 Å². The molecule has 0 spiro atoms. The Bertz CT molecular complexity index is 664. The minimum atomic E-state index is 0. The second kappa shape index (κ2) is 6.27. The zero-order valence-corrected chi connectivity index (χ0v) is 11.5. The lowest BCUT2D eigenvalue weighted by Crippen LogP contribution is -1.95. The van der Waals surface area contributed by atoms with Gasteiger partial charge in [-0.25, -0.2) is 5.10 Å². The standard InChI is InChI=1S/C14H13N5.ClH/c15-9-10-5-7-11(8-6-10)12-3-1-2-4-13(12)14-16-18-19-17-14;/h1-8H,9,15H2,(H,16,17,18,19);1H. The van der Waals surface area contributed by atoms with Gasteiger partial charge in [0.25, 0.3) is 0 Å². The van der Waals surface area contributed by atoms with Crippen molar-refractivity contribution in [2.75, 3.05) is 0 Å². The van der Waals surface area contributed by atoms with Crippen LogP contribution in [0.5, 0.6) is 0 Å². The predicted octanol–water partition coefficient (Wildman–Crippen LogP) is 2.41. The molecule has 3 rings (SSSR count). The van der Waals surface area contributed by atoms with Crippen LogP contribution in [0.15, 0.2) is 48.5 Å². The molecule has 0 aliphatic rings. The number of aromatic amines is 1. The van der Waals surface area contributed by atoms with Crippen LogP contribution in [0.1, 0.15) is 5.56 Å². The van der Waals surface area contributed by atoms with E-state index in [0.29, 0.717) is 12.4 Å². The van der Waals surface area contributed by atoms with Gasteiger partial charge in [-0.1, -0.05) is 48.5 Å². The van der Waals surface area contributed by atoms with E-state index in [9.17, 15) is 0 Å². The lowest BCUT2D eigenvalue weighted by atomic mass is 9.98. The maximum absolute atomic E-state index is 5.61. The van der Waals surface area contributed by atoms with Crippen molar-refractivity contribution in [1.82, 2.24) is 20.6 Å². The second-order valence-corrected chi connectivity index (χ2v) is 4.20. The highest BCUT2D eigenvalue weighted by atomic mass is 35.5. The summed E-state index contributed by atoms with van der Waals surface area (Å²) in [5.41, 5.74) is 9.91. The van der Waals surface area contributed by atoms with Crippen LogP contribution in [0.4, 0.5) is 0 Å². The van der Waals surface area contributed by atoms with Gasteiger partial charge in [-0.15, -0.1) is 17.5 Å². The van der Waals surface area contributed by atoms with E-state index in [1.807, 2.05) is 30.3 Å². The van der Waals surface area contributed by atoms with E-state index in [1.54, 1.807) is 0 Å². The first-order valence-electron chi connectivity index (χ1n) is 6.01. The highest BCUT2D eigenvalue weighted by Gasteiger charge is 2.09. The van der Waals surface area contributed by atoms with Crippen LogP contribution in [0, 0.1) is 0 Å². The van der Waals surface area contributed by atoms with Crippen LogP contribution in [0.25, 0.3) is 22.5 Å². The molecule has 6 heteroatoms. The first-order chi connectivity index (χ1) is 9.38. The van der Waals surface area contributed by atoms with Crippen molar-refractivity contribution in [2.45, 2.75) is 6.54 Å². The summed E-state index contributed by atoms with van der Waals surface area (Å²) in [6, 6.07) is 16.2. The maximum Gasteiger partial charge on any atom is 0.180 e. The number of aromatic nitrogens is 4. The molecule has 0 unspecified atom stereocenters. The van der Waals surface area contributed by atoms with Crippen LogP contribution in [0.3, 0.4) is 0 Å². The molecule has 0 saturated carbocycles. The number of nitrogens with one attached hydrogen (secondary N) is 1. The predicted molar refractivity (Wildman–Crippen MR) is 80.2 cm³/mol. The molecule has 102 valence electrons. The van der Waals surface area contributed by atoms with Crippen molar-refractivity contribution < 1.29 is 0 Å². The molecular formula is C14H14ClN5. The van der Waals surface area contributed by atoms with Crippen molar-refractivity contribution in [3.05, 3.63) is 54.1 Å². The summed E-state index contributed by atoms with van der Waals surface area (Å²) in [6.07, 6.45) is 0. The Morgan fingerprint density at radius 1 is 0.950 bits per heavy atom. The summed E-state index contributed by atoms with van der Waals surface area (Å²) in [7, 11) is 0. The molecular weight excluding hydrogens is 274 g/mol. The molecule has 0 aliphatic carbocycles. The monoisotopic (exact) mass is 287 g/mol. The van der Waals surface area contributed by atoms with Crippen LogP contribution >= 0.6 is 12.4 Å². The fraction of sp³-hybridized carbons (Fsp3) is 0.0714. The molecule has 2 aromatic carbocycles. The SMILES string of the molecule is Cl.NCc1ccc(-c2ccccc2-c2nnn[nH]2)cc1. The molecule has 5 nitrogen and oxygen atoms in total. The molecule has 20 heavy (non-hydrogen) atoms. The third kappa shape index (κ3) is 2.68. The van der Waals surface area contributed by atoms with Crippen molar-refractivity contribution in [2.24, 2.45) is 5.73 Å². The van der Waals surface area contributed by atoms with Gasteiger partial charge in [-0.3, -0.25) is 0 Å². The van der Waals surface area contributed by atoms with Crippen LogP contribution in [-0.2, 0) is 6.54 Å². The maximum atomic E-state index is 5.61. The molecule has 0 radical (unpaired) electrons. The molecule has 3 N–H and O–H groups in total. The van der Waals surface area contributed by atoms with E-state index in [1.165, 1.54) is 0 Å². The summed E-state index contributed by atoms with van der Waals surface area (Å²) >= 11 is 0. The van der Waals surface area contributed by atoms with Crippen LogP contribution < -0.4 is 5.73 Å². The normalized spacial score (nSPS) is 10.1. The largest absolute Gasteiger partial charge is 0.326 e. The number of nitrogens with two attached hydrogens (primary N) is 1. The lowest BCUT2D eigenvalue weighted by Gasteiger charge is -2.07.